The largest absolute Gasteiger partial charge is 0.464 e. The van der Waals surface area contributed by atoms with E-state index in [1.807, 2.05) is 0 Å². The Morgan fingerprint density at radius 2 is 2.06 bits per heavy atom. The molecular weight excluding hydrogens is 234 g/mol. The summed E-state index contributed by atoms with van der Waals surface area (Å²) in [6.07, 6.45) is 3.40. The van der Waals surface area contributed by atoms with Gasteiger partial charge in [-0.05, 0) is 45.8 Å². The lowest BCUT2D eigenvalue weighted by Crippen LogP contribution is -2.47. The SMILES string of the molecule is CCOC(=O)C(N)C(=O)NCCCN1CCCC1. The smallest absolute Gasteiger partial charge is 0.332 e. The van der Waals surface area contributed by atoms with Crippen molar-refractivity contribution in [3.8, 4) is 0 Å². The Labute approximate surface area is 108 Å². The summed E-state index contributed by atoms with van der Waals surface area (Å²) >= 11 is 0. The summed E-state index contributed by atoms with van der Waals surface area (Å²) in [6.45, 7) is 5.73. The normalized spacial score (nSPS) is 17.4. The average Bonchev–Trinajstić information content (AvgIpc) is 2.86. The number of nitrogens with two attached hydrogens (primary N) is 1. The number of carbonyl (C=O) groups excluding carboxylic acids is 2. The predicted molar refractivity (Wildman–Crippen MR) is 67.9 cm³/mol. The van der Waals surface area contributed by atoms with E-state index in [1.165, 1.54) is 12.8 Å². The van der Waals surface area contributed by atoms with Crippen molar-refractivity contribution in [2.45, 2.75) is 32.2 Å². The van der Waals surface area contributed by atoms with Gasteiger partial charge in [-0.15, -0.1) is 0 Å². The van der Waals surface area contributed by atoms with Crippen LogP contribution < -0.4 is 11.1 Å². The third-order valence-corrected chi connectivity index (χ3v) is 2.97. The lowest BCUT2D eigenvalue weighted by molar-refractivity contribution is -0.147. The van der Waals surface area contributed by atoms with Crippen molar-refractivity contribution in [3.05, 3.63) is 0 Å². The van der Waals surface area contributed by atoms with E-state index in [-0.39, 0.29) is 6.61 Å². The first kappa shape index (κ1) is 14.9. The van der Waals surface area contributed by atoms with Crippen LogP contribution in [0.1, 0.15) is 26.2 Å². The van der Waals surface area contributed by atoms with Crippen LogP contribution in [0.15, 0.2) is 0 Å². The molecular formula is C12H23N3O3. The van der Waals surface area contributed by atoms with Crippen LogP contribution in [0.4, 0.5) is 0 Å². The first-order valence-electron chi connectivity index (χ1n) is 6.57. The van der Waals surface area contributed by atoms with E-state index in [9.17, 15) is 9.59 Å². The molecule has 1 aliphatic heterocycles. The number of amides is 1. The zero-order chi connectivity index (χ0) is 13.4. The number of nitrogens with zero attached hydrogens (tertiary/aromatic N) is 1. The van der Waals surface area contributed by atoms with E-state index in [2.05, 4.69) is 15.0 Å². The first-order valence-corrected chi connectivity index (χ1v) is 6.57. The van der Waals surface area contributed by atoms with Crippen molar-refractivity contribution < 1.29 is 14.3 Å². The van der Waals surface area contributed by atoms with E-state index in [1.54, 1.807) is 6.92 Å². The molecule has 0 aromatic rings. The van der Waals surface area contributed by atoms with Gasteiger partial charge in [-0.3, -0.25) is 4.79 Å². The summed E-state index contributed by atoms with van der Waals surface area (Å²) in [5.41, 5.74) is 5.45. The Hall–Kier alpha value is -1.14. The molecule has 3 N–H and O–H groups in total. The second kappa shape index (κ2) is 8.05. The van der Waals surface area contributed by atoms with E-state index in [0.717, 1.165) is 26.1 Å². The number of hydrogen-bond acceptors (Lipinski definition) is 5. The molecule has 1 aliphatic rings. The number of ether oxygens (including phenoxy) is 1. The summed E-state index contributed by atoms with van der Waals surface area (Å²) in [7, 11) is 0. The van der Waals surface area contributed by atoms with E-state index in [4.69, 9.17) is 5.73 Å². The minimum Gasteiger partial charge on any atom is -0.464 e. The van der Waals surface area contributed by atoms with Gasteiger partial charge in [0.25, 0.3) is 0 Å². The summed E-state index contributed by atoms with van der Waals surface area (Å²) in [6, 6.07) is -1.21. The molecule has 0 aromatic carbocycles. The number of likely N-dealkylation sites (tertiary alicyclic amines) is 1. The second-order valence-corrected chi connectivity index (χ2v) is 4.42. The van der Waals surface area contributed by atoms with Crippen LogP contribution in [0.25, 0.3) is 0 Å². The predicted octanol–water partition coefficient (Wildman–Crippen LogP) is -0.521. The Balaban J connectivity index is 2.10. The quantitative estimate of drug-likeness (QED) is 0.364. The van der Waals surface area contributed by atoms with Crippen LogP contribution in [-0.4, -0.2) is 55.6 Å². The third-order valence-electron chi connectivity index (χ3n) is 2.97. The molecule has 1 heterocycles. The third kappa shape index (κ3) is 5.01. The topological polar surface area (TPSA) is 84.7 Å². The van der Waals surface area contributed by atoms with Gasteiger partial charge >= 0.3 is 5.97 Å². The van der Waals surface area contributed by atoms with Gasteiger partial charge in [-0.2, -0.15) is 0 Å². The number of nitrogens with one attached hydrogen (secondary N) is 1. The summed E-state index contributed by atoms with van der Waals surface area (Å²) < 4.78 is 4.68. The number of hydrogen-bond donors (Lipinski definition) is 2. The van der Waals surface area contributed by atoms with Crippen LogP contribution in [0, 0.1) is 0 Å². The Morgan fingerprint density at radius 1 is 1.39 bits per heavy atom. The van der Waals surface area contributed by atoms with Gasteiger partial charge in [0, 0.05) is 6.54 Å². The lowest BCUT2D eigenvalue weighted by atomic mass is 10.3. The Bertz CT molecular complexity index is 278. The van der Waals surface area contributed by atoms with Gasteiger partial charge in [0.15, 0.2) is 6.04 Å². The number of esters is 1. The molecule has 104 valence electrons. The number of rotatable bonds is 7. The Kier molecular flexibility index (Phi) is 6.67. The molecule has 0 radical (unpaired) electrons. The summed E-state index contributed by atoms with van der Waals surface area (Å²) in [4.78, 5) is 25.1. The van der Waals surface area contributed by atoms with Crippen LogP contribution in [0.3, 0.4) is 0 Å². The standard InChI is InChI=1S/C12H23N3O3/c1-2-18-12(17)10(13)11(16)14-6-5-9-15-7-3-4-8-15/h10H,2-9,13H2,1H3,(H,14,16). The fourth-order valence-corrected chi connectivity index (χ4v) is 1.97. The monoisotopic (exact) mass is 257 g/mol. The van der Waals surface area contributed by atoms with Crippen molar-refractivity contribution in [2.75, 3.05) is 32.8 Å². The van der Waals surface area contributed by atoms with Crippen LogP contribution in [0.2, 0.25) is 0 Å². The molecule has 6 heteroatoms. The van der Waals surface area contributed by atoms with Crippen LogP contribution in [-0.2, 0) is 14.3 Å². The highest BCUT2D eigenvalue weighted by atomic mass is 16.5. The zero-order valence-corrected chi connectivity index (χ0v) is 11.0. The fourth-order valence-electron chi connectivity index (χ4n) is 1.97. The highest BCUT2D eigenvalue weighted by Crippen LogP contribution is 2.06. The molecule has 0 saturated carbocycles. The highest BCUT2D eigenvalue weighted by Gasteiger charge is 2.22. The molecule has 0 bridgehead atoms. The van der Waals surface area contributed by atoms with E-state index in [0.29, 0.717) is 6.54 Å². The van der Waals surface area contributed by atoms with Gasteiger partial charge in [-0.1, -0.05) is 0 Å². The van der Waals surface area contributed by atoms with Crippen molar-refractivity contribution in [1.82, 2.24) is 10.2 Å². The van der Waals surface area contributed by atoms with Crippen molar-refractivity contribution >= 4 is 11.9 Å². The molecule has 6 nitrogen and oxygen atoms in total. The molecule has 18 heavy (non-hydrogen) atoms. The minimum absolute atomic E-state index is 0.231. The molecule has 1 amide bonds. The van der Waals surface area contributed by atoms with E-state index < -0.39 is 17.9 Å². The molecule has 1 atom stereocenters. The molecule has 0 aliphatic carbocycles. The van der Waals surface area contributed by atoms with Crippen molar-refractivity contribution in [2.24, 2.45) is 5.73 Å². The van der Waals surface area contributed by atoms with Gasteiger partial charge in [0.1, 0.15) is 0 Å². The fraction of sp³-hybridized carbons (Fsp3) is 0.833. The number of carbonyl (C=O) groups is 2. The maximum absolute atomic E-state index is 11.5. The van der Waals surface area contributed by atoms with Crippen molar-refractivity contribution in [1.29, 1.82) is 0 Å². The van der Waals surface area contributed by atoms with Gasteiger partial charge in [0.2, 0.25) is 5.91 Å². The molecule has 0 aromatic heterocycles. The summed E-state index contributed by atoms with van der Waals surface area (Å²) in [5, 5.41) is 2.65. The lowest BCUT2D eigenvalue weighted by Gasteiger charge is -2.15. The Morgan fingerprint density at radius 3 is 2.67 bits per heavy atom. The summed E-state index contributed by atoms with van der Waals surface area (Å²) in [5.74, 6) is -1.13. The minimum atomic E-state index is -1.21. The first-order chi connectivity index (χ1) is 8.65. The maximum atomic E-state index is 11.5. The molecule has 0 spiro atoms. The molecule has 1 rings (SSSR count). The molecule has 1 saturated heterocycles. The van der Waals surface area contributed by atoms with Gasteiger partial charge in [-0.25, -0.2) is 4.79 Å². The van der Waals surface area contributed by atoms with Crippen molar-refractivity contribution in [3.63, 3.8) is 0 Å². The highest BCUT2D eigenvalue weighted by molar-refractivity contribution is 6.01. The average molecular weight is 257 g/mol. The van der Waals surface area contributed by atoms with E-state index >= 15 is 0 Å². The maximum Gasteiger partial charge on any atom is 0.332 e. The van der Waals surface area contributed by atoms with Gasteiger partial charge < -0.3 is 20.7 Å². The second-order valence-electron chi connectivity index (χ2n) is 4.42. The van der Waals surface area contributed by atoms with Gasteiger partial charge in [0.05, 0.1) is 6.61 Å². The van der Waals surface area contributed by atoms with Crippen LogP contribution >= 0.6 is 0 Å². The zero-order valence-electron chi connectivity index (χ0n) is 11.0. The molecule has 1 fully saturated rings. The van der Waals surface area contributed by atoms with Crippen LogP contribution in [0.5, 0.6) is 0 Å². The molecule has 1 unspecified atom stereocenters.